The smallest absolute Gasteiger partial charge is 0.266 e. The number of amides is 2. The van der Waals surface area contributed by atoms with E-state index in [9.17, 15) is 9.59 Å². The summed E-state index contributed by atoms with van der Waals surface area (Å²) in [6.45, 7) is 0. The predicted octanol–water partition coefficient (Wildman–Crippen LogP) is 5.66. The number of carbonyl (C=O) groups excluding carboxylic acids is 2. The highest BCUT2D eigenvalue weighted by atomic mass is 79.9. The van der Waals surface area contributed by atoms with Gasteiger partial charge >= 0.3 is 0 Å². The number of hydrogen-bond acceptors (Lipinski definition) is 5. The Kier molecular flexibility index (Phi) is 5.31. The van der Waals surface area contributed by atoms with Gasteiger partial charge < -0.3 is 4.74 Å². The molecule has 0 bridgehead atoms. The summed E-state index contributed by atoms with van der Waals surface area (Å²) < 4.78 is 6.15. The monoisotopic (exact) mass is 528 g/mol. The molecule has 0 spiro atoms. The molecule has 2 heterocycles. The van der Waals surface area contributed by atoms with Crippen molar-refractivity contribution in [1.29, 1.82) is 0 Å². The number of para-hydroxylation sites is 1. The minimum atomic E-state index is -0.924. The third-order valence-electron chi connectivity index (χ3n) is 6.65. The van der Waals surface area contributed by atoms with Crippen LogP contribution in [0.25, 0.3) is 10.8 Å². The molecule has 6 rings (SSSR count). The van der Waals surface area contributed by atoms with Gasteiger partial charge in [-0.1, -0.05) is 60.7 Å². The Morgan fingerprint density at radius 1 is 0.857 bits per heavy atom. The van der Waals surface area contributed by atoms with Crippen molar-refractivity contribution in [3.63, 3.8) is 0 Å². The molecular weight excluding hydrogens is 508 g/mol. The van der Waals surface area contributed by atoms with Gasteiger partial charge in [0.1, 0.15) is 11.7 Å². The average molecular weight is 529 g/mol. The van der Waals surface area contributed by atoms with Crippen molar-refractivity contribution >= 4 is 49.9 Å². The van der Waals surface area contributed by atoms with Crippen LogP contribution in [-0.4, -0.2) is 25.0 Å². The molecule has 2 amide bonds. The highest BCUT2D eigenvalue weighted by Crippen LogP contribution is 2.49. The van der Waals surface area contributed by atoms with Crippen molar-refractivity contribution in [2.45, 2.75) is 12.1 Å². The van der Waals surface area contributed by atoms with E-state index in [2.05, 4.69) is 15.9 Å². The molecule has 6 nitrogen and oxygen atoms in total. The molecule has 0 N–H and O–H groups in total. The van der Waals surface area contributed by atoms with Crippen LogP contribution >= 0.6 is 15.9 Å². The quantitative estimate of drug-likeness (QED) is 0.320. The van der Waals surface area contributed by atoms with E-state index < -0.39 is 18.1 Å². The van der Waals surface area contributed by atoms with Crippen LogP contribution in [0, 0.1) is 5.92 Å². The molecule has 2 aliphatic rings. The summed E-state index contributed by atoms with van der Waals surface area (Å²) in [7, 11) is 1.60. The summed E-state index contributed by atoms with van der Waals surface area (Å²) in [6, 6.07) is 28.1. The van der Waals surface area contributed by atoms with Crippen LogP contribution in [-0.2, 0) is 14.4 Å². The van der Waals surface area contributed by atoms with Gasteiger partial charge in [-0.05, 0) is 57.2 Å². The first kappa shape index (κ1) is 21.8. The number of halogens is 1. The number of imide groups is 1. The Hall–Kier alpha value is -3.68. The van der Waals surface area contributed by atoms with Gasteiger partial charge in [0.05, 0.1) is 29.0 Å². The molecule has 2 saturated heterocycles. The lowest BCUT2D eigenvalue weighted by molar-refractivity contribution is -0.126. The Balaban J connectivity index is 1.47. The van der Waals surface area contributed by atoms with E-state index in [1.807, 2.05) is 91.0 Å². The van der Waals surface area contributed by atoms with Crippen molar-refractivity contribution in [1.82, 2.24) is 0 Å². The van der Waals surface area contributed by atoms with Gasteiger partial charge in [-0.15, -0.1) is 0 Å². The van der Waals surface area contributed by atoms with E-state index in [-0.39, 0.29) is 11.8 Å². The van der Waals surface area contributed by atoms with Gasteiger partial charge in [0.25, 0.3) is 5.91 Å². The van der Waals surface area contributed by atoms with Crippen molar-refractivity contribution in [3.05, 3.63) is 101 Å². The van der Waals surface area contributed by atoms with Crippen LogP contribution in [0.3, 0.4) is 0 Å². The van der Waals surface area contributed by atoms with Crippen molar-refractivity contribution in [3.8, 4) is 5.75 Å². The number of methoxy groups -OCH3 is 1. The van der Waals surface area contributed by atoms with Gasteiger partial charge in [0.2, 0.25) is 5.91 Å². The molecule has 0 aliphatic carbocycles. The summed E-state index contributed by atoms with van der Waals surface area (Å²) in [6.07, 6.45) is -0.924. The number of benzene rings is 4. The third kappa shape index (κ3) is 3.42. The standard InChI is InChI=1S/C28H21BrN2O4/c1-34-23-15-14-18(16-21(23)29)25-24-26(35-31(25)19-10-3-2-4-11-19)28(33)30(27(24)32)22-13-7-9-17-8-5-6-12-20(17)22/h2-16,24-26H,1H3/t24-,25+,26-/m0/s1. The van der Waals surface area contributed by atoms with Crippen molar-refractivity contribution in [2.24, 2.45) is 5.92 Å². The number of carbonyl (C=O) groups is 2. The number of anilines is 2. The Labute approximate surface area is 210 Å². The fourth-order valence-electron chi connectivity index (χ4n) is 5.06. The van der Waals surface area contributed by atoms with Crippen LogP contribution in [0.15, 0.2) is 95.5 Å². The first-order valence-corrected chi connectivity index (χ1v) is 12.1. The lowest BCUT2D eigenvalue weighted by Gasteiger charge is -2.29. The normalized spacial score (nSPS) is 21.6. The van der Waals surface area contributed by atoms with E-state index in [0.717, 1.165) is 26.5 Å². The molecule has 7 heteroatoms. The van der Waals surface area contributed by atoms with E-state index in [1.165, 1.54) is 4.90 Å². The molecule has 4 aromatic rings. The lowest BCUT2D eigenvalue weighted by Crippen LogP contribution is -2.37. The van der Waals surface area contributed by atoms with Gasteiger partial charge in [0, 0.05) is 5.39 Å². The summed E-state index contributed by atoms with van der Waals surface area (Å²) in [4.78, 5) is 35.2. The van der Waals surface area contributed by atoms with Crippen LogP contribution in [0.1, 0.15) is 11.6 Å². The first-order valence-electron chi connectivity index (χ1n) is 11.3. The van der Waals surface area contributed by atoms with Crippen LogP contribution in [0.2, 0.25) is 0 Å². The van der Waals surface area contributed by atoms with E-state index >= 15 is 0 Å². The summed E-state index contributed by atoms with van der Waals surface area (Å²) >= 11 is 3.56. The second-order valence-corrected chi connectivity index (χ2v) is 9.42. The molecular formula is C28H21BrN2O4. The minimum absolute atomic E-state index is 0.272. The fourth-order valence-corrected chi connectivity index (χ4v) is 5.62. The summed E-state index contributed by atoms with van der Waals surface area (Å²) in [5.74, 6) is -0.650. The number of fused-ring (bicyclic) bond motifs is 2. The van der Waals surface area contributed by atoms with Crippen molar-refractivity contribution in [2.75, 3.05) is 17.1 Å². The molecule has 3 atom stereocenters. The second kappa shape index (κ2) is 8.52. The highest BCUT2D eigenvalue weighted by Gasteiger charge is 2.60. The Morgan fingerprint density at radius 3 is 2.37 bits per heavy atom. The highest BCUT2D eigenvalue weighted by molar-refractivity contribution is 9.10. The summed E-state index contributed by atoms with van der Waals surface area (Å²) in [5.41, 5.74) is 2.20. The Morgan fingerprint density at radius 2 is 1.60 bits per heavy atom. The summed E-state index contributed by atoms with van der Waals surface area (Å²) in [5, 5.41) is 3.50. The second-order valence-electron chi connectivity index (χ2n) is 8.56. The molecule has 2 fully saturated rings. The Bertz CT molecular complexity index is 1450. The molecule has 0 unspecified atom stereocenters. The molecule has 35 heavy (non-hydrogen) atoms. The maximum Gasteiger partial charge on any atom is 0.266 e. The molecule has 0 aromatic heterocycles. The van der Waals surface area contributed by atoms with E-state index in [1.54, 1.807) is 12.2 Å². The van der Waals surface area contributed by atoms with Crippen LogP contribution in [0.5, 0.6) is 5.75 Å². The minimum Gasteiger partial charge on any atom is -0.496 e. The fraction of sp³-hybridized carbons (Fsp3) is 0.143. The van der Waals surface area contributed by atoms with Gasteiger partial charge in [-0.25, -0.2) is 9.96 Å². The molecule has 0 radical (unpaired) electrons. The van der Waals surface area contributed by atoms with Gasteiger partial charge in [0.15, 0.2) is 6.10 Å². The number of hydroxylamine groups is 1. The zero-order valence-electron chi connectivity index (χ0n) is 18.8. The third-order valence-corrected chi connectivity index (χ3v) is 7.27. The molecule has 174 valence electrons. The maximum absolute atomic E-state index is 14.0. The van der Waals surface area contributed by atoms with Crippen LogP contribution in [0.4, 0.5) is 11.4 Å². The average Bonchev–Trinajstić information content (AvgIpc) is 3.40. The molecule has 2 aliphatic heterocycles. The van der Waals surface area contributed by atoms with Crippen molar-refractivity contribution < 1.29 is 19.2 Å². The van der Waals surface area contributed by atoms with E-state index in [4.69, 9.17) is 9.57 Å². The predicted molar refractivity (Wildman–Crippen MR) is 137 cm³/mol. The topological polar surface area (TPSA) is 59.1 Å². The SMILES string of the molecule is COc1ccc([C@@H]2[C@@H]3C(=O)N(c4cccc5ccccc45)C(=O)[C@H]3ON2c2ccccc2)cc1Br. The van der Waals surface area contributed by atoms with Gasteiger partial charge in [-0.2, -0.15) is 0 Å². The number of rotatable bonds is 4. The number of ether oxygens (including phenoxy) is 1. The lowest BCUT2D eigenvalue weighted by atomic mass is 9.90. The molecule has 4 aromatic carbocycles. The van der Waals surface area contributed by atoms with Crippen LogP contribution < -0.4 is 14.7 Å². The number of nitrogens with zero attached hydrogens (tertiary/aromatic N) is 2. The zero-order valence-corrected chi connectivity index (χ0v) is 20.4. The largest absolute Gasteiger partial charge is 0.496 e. The maximum atomic E-state index is 14.0. The zero-order chi connectivity index (χ0) is 24.1. The van der Waals surface area contributed by atoms with E-state index in [0.29, 0.717) is 11.4 Å². The number of hydrogen-bond donors (Lipinski definition) is 0. The first-order chi connectivity index (χ1) is 17.1. The van der Waals surface area contributed by atoms with Gasteiger partial charge in [-0.3, -0.25) is 14.4 Å². The molecule has 0 saturated carbocycles.